The number of carbonyl (C=O) groups excluding carboxylic acids is 4. The van der Waals surface area contributed by atoms with Crippen LogP contribution in [0.4, 0.5) is 0 Å². The molecule has 17 heteroatoms. The Morgan fingerprint density at radius 3 is 1.17 bits per heavy atom. The van der Waals surface area contributed by atoms with Crippen molar-refractivity contribution in [3.05, 3.63) is 262 Å². The average Bonchev–Trinajstić information content (AvgIpc) is 3.50. The molecule has 1 heterocycles. The highest BCUT2D eigenvalue weighted by Crippen LogP contribution is 2.38. The molecule has 1 saturated carbocycles. The van der Waals surface area contributed by atoms with Crippen LogP contribution in [-0.2, 0) is 62.5 Å². The van der Waals surface area contributed by atoms with Gasteiger partial charge in [0.15, 0.2) is 30.7 Å². The molecule has 17 nitrogen and oxygen atoms in total. The third-order valence-corrected chi connectivity index (χ3v) is 13.0. The lowest BCUT2D eigenvalue weighted by Crippen LogP contribution is -2.70. The number of azide groups is 1. The van der Waals surface area contributed by atoms with Crippen molar-refractivity contribution in [1.29, 1.82) is 0 Å². The van der Waals surface area contributed by atoms with Crippen LogP contribution in [0.5, 0.6) is 0 Å². The van der Waals surface area contributed by atoms with E-state index in [4.69, 9.17) is 42.6 Å². The predicted octanol–water partition coefficient (Wildman–Crippen LogP) is 9.44. The number of nitrogens with zero attached hydrogens (tertiary/aromatic N) is 3. The van der Waals surface area contributed by atoms with Crippen LogP contribution in [0.15, 0.2) is 217 Å². The molecular formula is C61H55N3O14. The highest BCUT2D eigenvalue weighted by molar-refractivity contribution is 5.92. The van der Waals surface area contributed by atoms with Crippen molar-refractivity contribution in [3.8, 4) is 0 Å². The number of hydrogen-bond acceptors (Lipinski definition) is 15. The molecule has 11 atom stereocenters. The largest absolute Gasteiger partial charge is 0.452 e. The second-order valence-corrected chi connectivity index (χ2v) is 18.3. The van der Waals surface area contributed by atoms with Crippen LogP contribution in [0.3, 0.4) is 0 Å². The molecule has 2 fully saturated rings. The standard InChI is InChI=1S/C61H55N3O14/c62-64-63-48-51(72-38-42-26-12-3-13-27-42)50(71-37-41-24-10-2-11-25-41)47(39-70-36-40-22-8-1-9-23-40)73-61(48)78-53-49(65)52(74-57(66)43-28-14-4-15-29-43)54(75-58(67)44-30-16-5-17-31-44)56(77-60(69)46-34-20-7-21-35-46)55(53)76-59(68)45-32-18-6-19-33-45/h1-35,47-56,61,65H,36-39H2/t47-,48-,49+,50+,51-,52-,53-,54+,55+,56+,61-/m1/s1. The van der Waals surface area contributed by atoms with E-state index in [1.54, 1.807) is 72.8 Å². The third kappa shape index (κ3) is 13.9. The van der Waals surface area contributed by atoms with Crippen LogP contribution in [0.2, 0.25) is 0 Å². The van der Waals surface area contributed by atoms with Gasteiger partial charge in [0.25, 0.3) is 0 Å². The molecule has 0 aromatic heterocycles. The van der Waals surface area contributed by atoms with Crippen LogP contribution < -0.4 is 0 Å². The fourth-order valence-electron chi connectivity index (χ4n) is 9.17. The van der Waals surface area contributed by atoms with Gasteiger partial charge in [0.1, 0.15) is 36.6 Å². The summed E-state index contributed by atoms with van der Waals surface area (Å²) in [5.74, 6) is -3.90. The normalized spacial score (nSPS) is 23.6. The summed E-state index contributed by atoms with van der Waals surface area (Å²) in [6, 6.07) is 57.9. The van der Waals surface area contributed by atoms with Crippen molar-refractivity contribution >= 4 is 23.9 Å². The van der Waals surface area contributed by atoms with E-state index in [2.05, 4.69) is 10.0 Å². The zero-order valence-corrected chi connectivity index (χ0v) is 42.0. The van der Waals surface area contributed by atoms with Crippen molar-refractivity contribution in [2.45, 2.75) is 87.1 Å². The fourth-order valence-corrected chi connectivity index (χ4v) is 9.17. The van der Waals surface area contributed by atoms with E-state index in [0.717, 1.165) is 16.7 Å². The Labute approximate surface area is 449 Å². The molecule has 0 spiro atoms. The van der Waals surface area contributed by atoms with Crippen LogP contribution >= 0.6 is 0 Å². The number of aliphatic hydroxyl groups is 1. The lowest BCUT2D eigenvalue weighted by molar-refractivity contribution is -0.325. The number of aliphatic hydroxyl groups excluding tert-OH is 1. The quantitative estimate of drug-likeness (QED) is 0.0233. The molecule has 7 aromatic rings. The molecule has 0 radical (unpaired) electrons. The molecule has 2 aliphatic rings. The first kappa shape index (κ1) is 54.3. The minimum Gasteiger partial charge on any atom is -0.452 e. The SMILES string of the molecule is [N-]=[N+]=N[C@H]1[C@@H](O[C@@H]2[C@@H](O)[C@@H](OC(=O)c3ccccc3)[C@H](OC(=O)c3ccccc3)[C@H](OC(=O)c3ccccc3)[C@H]2OC(=O)c2ccccc2)O[C@H](COCc2ccccc2)[C@H](OCc2ccccc2)[C@@H]1OCc1ccccc1. The fraction of sp³-hybridized carbons (Fsp3) is 0.246. The Bertz CT molecular complexity index is 3070. The van der Waals surface area contributed by atoms with Gasteiger partial charge >= 0.3 is 23.9 Å². The first-order chi connectivity index (χ1) is 38.2. The maximum Gasteiger partial charge on any atom is 0.338 e. The summed E-state index contributed by atoms with van der Waals surface area (Å²) in [5.41, 5.74) is 13.0. The Kier molecular flexibility index (Phi) is 18.8. The highest BCUT2D eigenvalue weighted by atomic mass is 16.7. The lowest BCUT2D eigenvalue weighted by Gasteiger charge is -2.50. The second kappa shape index (κ2) is 27.0. The molecule has 0 bridgehead atoms. The number of carbonyl (C=O) groups is 4. The van der Waals surface area contributed by atoms with Crippen molar-refractivity contribution < 1.29 is 66.9 Å². The third-order valence-electron chi connectivity index (χ3n) is 13.0. The number of ether oxygens (including phenoxy) is 9. The molecule has 0 unspecified atom stereocenters. The molecule has 78 heavy (non-hydrogen) atoms. The van der Waals surface area contributed by atoms with E-state index < -0.39 is 91.1 Å². The second-order valence-electron chi connectivity index (χ2n) is 18.3. The highest BCUT2D eigenvalue weighted by Gasteiger charge is 2.60. The Hall–Kier alpha value is -8.51. The maximum atomic E-state index is 14.5. The number of hydrogen-bond donors (Lipinski definition) is 1. The minimum absolute atomic E-state index is 0.00861. The summed E-state index contributed by atoms with van der Waals surface area (Å²) in [4.78, 5) is 60.6. The molecule has 7 aromatic carbocycles. The summed E-state index contributed by atoms with van der Waals surface area (Å²) in [7, 11) is 0. The zero-order valence-electron chi connectivity index (χ0n) is 42.0. The van der Waals surface area contributed by atoms with Gasteiger partial charge < -0.3 is 47.7 Å². The summed E-state index contributed by atoms with van der Waals surface area (Å²) in [5, 5.41) is 17.2. The van der Waals surface area contributed by atoms with Crippen LogP contribution in [-0.4, -0.2) is 103 Å². The van der Waals surface area contributed by atoms with Gasteiger partial charge in [-0.15, -0.1) is 0 Å². The Morgan fingerprint density at radius 2 is 0.769 bits per heavy atom. The van der Waals surface area contributed by atoms with Crippen molar-refractivity contribution in [2.75, 3.05) is 6.61 Å². The number of benzene rings is 7. The van der Waals surface area contributed by atoms with E-state index in [-0.39, 0.29) is 48.7 Å². The van der Waals surface area contributed by atoms with Gasteiger partial charge in [-0.25, -0.2) is 19.2 Å². The molecule has 398 valence electrons. The lowest BCUT2D eigenvalue weighted by atomic mass is 9.83. The van der Waals surface area contributed by atoms with E-state index in [9.17, 15) is 29.8 Å². The smallest absolute Gasteiger partial charge is 0.338 e. The predicted molar refractivity (Wildman–Crippen MR) is 281 cm³/mol. The van der Waals surface area contributed by atoms with Gasteiger partial charge in [0, 0.05) is 4.91 Å². The van der Waals surface area contributed by atoms with Crippen molar-refractivity contribution in [3.63, 3.8) is 0 Å². The van der Waals surface area contributed by atoms with Crippen molar-refractivity contribution in [1.82, 2.24) is 0 Å². The van der Waals surface area contributed by atoms with E-state index in [1.165, 1.54) is 48.5 Å². The van der Waals surface area contributed by atoms with E-state index >= 15 is 0 Å². The summed E-state index contributed by atoms with van der Waals surface area (Å²) < 4.78 is 58.4. The minimum atomic E-state index is -2.11. The molecule has 1 aliphatic carbocycles. The van der Waals surface area contributed by atoms with E-state index in [0.29, 0.717) is 0 Å². The van der Waals surface area contributed by atoms with Crippen LogP contribution in [0.25, 0.3) is 10.4 Å². The van der Waals surface area contributed by atoms with Gasteiger partial charge in [-0.1, -0.05) is 169 Å². The number of rotatable bonds is 21. The van der Waals surface area contributed by atoms with E-state index in [1.807, 2.05) is 91.0 Å². The van der Waals surface area contributed by atoms with Gasteiger partial charge in [0.2, 0.25) is 0 Å². The van der Waals surface area contributed by atoms with Crippen LogP contribution in [0.1, 0.15) is 58.1 Å². The van der Waals surface area contributed by atoms with Gasteiger partial charge in [-0.3, -0.25) is 0 Å². The maximum absolute atomic E-state index is 14.5. The molecular weight excluding hydrogens is 999 g/mol. The Morgan fingerprint density at radius 1 is 0.436 bits per heavy atom. The summed E-state index contributed by atoms with van der Waals surface area (Å²) in [6.45, 7) is 0.0614. The molecule has 0 amide bonds. The summed E-state index contributed by atoms with van der Waals surface area (Å²) >= 11 is 0. The Balaban J connectivity index is 1.17. The molecule has 1 saturated heterocycles. The first-order valence-corrected chi connectivity index (χ1v) is 25.2. The first-order valence-electron chi connectivity index (χ1n) is 25.2. The van der Waals surface area contributed by atoms with Gasteiger partial charge in [-0.05, 0) is 70.8 Å². The zero-order chi connectivity index (χ0) is 54.1. The molecule has 1 N–H and O–H groups in total. The topological polar surface area (TPSA) is 220 Å². The molecule has 1 aliphatic heterocycles. The van der Waals surface area contributed by atoms with Gasteiger partial charge in [-0.2, -0.15) is 0 Å². The van der Waals surface area contributed by atoms with Crippen LogP contribution in [0, 0.1) is 0 Å². The number of esters is 4. The van der Waals surface area contributed by atoms with Crippen molar-refractivity contribution in [2.24, 2.45) is 5.11 Å². The monoisotopic (exact) mass is 1050 g/mol. The average molecular weight is 1050 g/mol. The molecule has 9 rings (SSSR count). The summed E-state index contributed by atoms with van der Waals surface area (Å²) in [6.07, 6.45) is -16.7. The van der Waals surface area contributed by atoms with Gasteiger partial charge in [0.05, 0.1) is 48.7 Å².